The number of aliphatic hydroxyl groups excluding tert-OH is 1. The monoisotopic (exact) mass is 668 g/mol. The molecule has 0 aliphatic heterocycles. The molecule has 0 bridgehead atoms. The molecule has 0 aromatic heterocycles. The minimum atomic E-state index is -2.71. The summed E-state index contributed by atoms with van der Waals surface area (Å²) in [5, 5.41) is 11.0. The fourth-order valence-corrected chi connectivity index (χ4v) is 28.9. The molecule has 1 aromatic rings. The van der Waals surface area contributed by atoms with Crippen LogP contribution in [0.4, 0.5) is 0 Å². The van der Waals surface area contributed by atoms with E-state index in [0.717, 1.165) is 12.2 Å². The molecule has 1 rings (SSSR count). The molecule has 0 spiro atoms. The second-order valence-corrected chi connectivity index (χ2v) is 31.7. The van der Waals surface area contributed by atoms with Gasteiger partial charge in [-0.15, -0.1) is 0 Å². The van der Waals surface area contributed by atoms with Gasteiger partial charge in [-0.25, -0.2) is 0 Å². The molecule has 1 aromatic carbocycles. The zero-order valence-corrected chi connectivity index (χ0v) is 31.1. The van der Waals surface area contributed by atoms with Crippen LogP contribution in [0.2, 0.25) is 29.9 Å². The molecule has 1 N–H and O–H groups in total. The third-order valence-corrected chi connectivity index (χ3v) is 31.1. The van der Waals surface area contributed by atoms with Crippen LogP contribution in [-0.4, -0.2) is 51.1 Å². The fraction of sp³-hybridized carbons (Fsp3) is 0.765. The zero-order chi connectivity index (χ0) is 29.3. The van der Waals surface area contributed by atoms with Gasteiger partial charge in [-0.3, -0.25) is 0 Å². The van der Waals surface area contributed by atoms with Gasteiger partial charge >= 0.3 is 250 Å². The van der Waals surface area contributed by atoms with E-state index in [2.05, 4.69) is 80.5 Å². The van der Waals surface area contributed by atoms with Crippen molar-refractivity contribution in [1.29, 1.82) is 0 Å². The summed E-state index contributed by atoms with van der Waals surface area (Å²) in [6.45, 7) is 23.1. The second kappa shape index (κ2) is 19.9. The van der Waals surface area contributed by atoms with Crippen molar-refractivity contribution in [3.05, 3.63) is 45.6 Å². The normalized spacial score (nSPS) is 14.1. The number of aliphatic hydroxyl groups is 1. The van der Waals surface area contributed by atoms with Crippen LogP contribution in [-0.2, 0) is 15.8 Å². The van der Waals surface area contributed by atoms with Crippen LogP contribution >= 0.6 is 0 Å². The molecule has 0 heterocycles. The first kappa shape index (κ1) is 36.9. The minimum absolute atomic E-state index is 0.379. The van der Waals surface area contributed by atoms with Crippen molar-refractivity contribution in [2.24, 2.45) is 0 Å². The Balaban J connectivity index is 3.30. The van der Waals surface area contributed by atoms with Crippen LogP contribution in [0, 0.1) is 0 Å². The summed E-state index contributed by atoms with van der Waals surface area (Å²) in [5.41, 5.74) is 2.91. The van der Waals surface area contributed by atoms with Crippen LogP contribution in [0.15, 0.2) is 40.0 Å². The van der Waals surface area contributed by atoms with Crippen LogP contribution in [0.5, 0.6) is 0 Å². The van der Waals surface area contributed by atoms with Crippen molar-refractivity contribution >= 4 is 26.7 Å². The predicted octanol–water partition coefficient (Wildman–Crippen LogP) is 10.5. The molecule has 0 fully saturated rings. The number of rotatable bonds is 22. The van der Waals surface area contributed by atoms with Crippen LogP contribution in [0.3, 0.4) is 0 Å². The average Bonchev–Trinajstić information content (AvgIpc) is 2.90. The van der Waals surface area contributed by atoms with Crippen molar-refractivity contribution in [3.8, 4) is 0 Å². The first-order valence-electron chi connectivity index (χ1n) is 16.2. The summed E-state index contributed by atoms with van der Waals surface area (Å²) in [6.07, 6.45) is 10.5. The standard InChI is InChI=1S/C22H37O3Si.3C4H9.Sn/c1-18(2)26(19(3)4,20(5)6)25-15-11-10-14-22(23)17-24-16-21-12-8-7-9-13-21;3*1-3-4-2;/h7-10,12-13,18-20,22-23H,14-17H2,1-6H3;3*1,3-4H2,2H3;. The van der Waals surface area contributed by atoms with Gasteiger partial charge in [-0.2, -0.15) is 0 Å². The molecule has 1 atom stereocenters. The van der Waals surface area contributed by atoms with Gasteiger partial charge in [0.25, 0.3) is 0 Å². The van der Waals surface area contributed by atoms with E-state index in [1.807, 2.05) is 18.2 Å². The molecule has 226 valence electrons. The summed E-state index contributed by atoms with van der Waals surface area (Å²) in [7, 11) is -1.97. The quantitative estimate of drug-likeness (QED) is 0.125. The Morgan fingerprint density at radius 1 is 0.821 bits per heavy atom. The summed E-state index contributed by atoms with van der Waals surface area (Å²) < 4.78 is 19.2. The van der Waals surface area contributed by atoms with Crippen molar-refractivity contribution in [1.82, 2.24) is 0 Å². The van der Waals surface area contributed by atoms with Crippen LogP contribution in [0.1, 0.15) is 113 Å². The Kier molecular flexibility index (Phi) is 18.8. The molecule has 0 saturated heterocycles. The molecule has 39 heavy (non-hydrogen) atoms. The summed E-state index contributed by atoms with van der Waals surface area (Å²) >= 11 is -2.71. The molecule has 0 aliphatic carbocycles. The molecule has 5 heteroatoms. The first-order chi connectivity index (χ1) is 18.6. The van der Waals surface area contributed by atoms with E-state index in [1.54, 1.807) is 3.59 Å². The fourth-order valence-electron chi connectivity index (χ4n) is 6.77. The predicted molar refractivity (Wildman–Crippen MR) is 177 cm³/mol. The summed E-state index contributed by atoms with van der Waals surface area (Å²) in [6, 6.07) is 10.3. The second-order valence-electron chi connectivity index (χ2n) is 12.8. The maximum absolute atomic E-state index is 11.0. The molecule has 3 nitrogen and oxygen atoms in total. The Hall–Kier alpha value is -0.144. The molecular formula is C34H64O3SiSn. The zero-order valence-electron chi connectivity index (χ0n) is 27.2. The van der Waals surface area contributed by atoms with Gasteiger partial charge in [0.2, 0.25) is 0 Å². The Labute approximate surface area is 248 Å². The van der Waals surface area contributed by atoms with Gasteiger partial charge < -0.3 is 0 Å². The Morgan fingerprint density at radius 3 is 1.74 bits per heavy atom. The van der Waals surface area contributed by atoms with Crippen LogP contribution in [0.25, 0.3) is 0 Å². The van der Waals surface area contributed by atoms with Gasteiger partial charge in [-0.1, -0.05) is 0 Å². The molecule has 0 saturated carbocycles. The number of unbranched alkanes of at least 4 members (excludes halogenated alkanes) is 3. The molecule has 1 unspecified atom stereocenters. The average molecular weight is 668 g/mol. The summed E-state index contributed by atoms with van der Waals surface area (Å²) in [4.78, 5) is 0. The number of hydrogen-bond acceptors (Lipinski definition) is 3. The van der Waals surface area contributed by atoms with E-state index in [0.29, 0.717) is 36.3 Å². The van der Waals surface area contributed by atoms with Gasteiger partial charge in [0.15, 0.2) is 0 Å². The number of benzene rings is 1. The van der Waals surface area contributed by atoms with E-state index >= 15 is 0 Å². The molecule has 0 radical (unpaired) electrons. The molecular weight excluding hydrogens is 603 g/mol. The van der Waals surface area contributed by atoms with E-state index < -0.39 is 32.8 Å². The van der Waals surface area contributed by atoms with Gasteiger partial charge in [0.1, 0.15) is 0 Å². The molecule has 0 amide bonds. The summed E-state index contributed by atoms with van der Waals surface area (Å²) in [5.74, 6) is 0. The van der Waals surface area contributed by atoms with Crippen molar-refractivity contribution in [3.63, 3.8) is 0 Å². The third kappa shape index (κ3) is 11.9. The Morgan fingerprint density at radius 2 is 1.31 bits per heavy atom. The van der Waals surface area contributed by atoms with Crippen molar-refractivity contribution in [2.45, 2.75) is 150 Å². The van der Waals surface area contributed by atoms with Gasteiger partial charge in [0, 0.05) is 0 Å². The van der Waals surface area contributed by atoms with Crippen molar-refractivity contribution in [2.75, 3.05) is 13.2 Å². The third-order valence-electron chi connectivity index (χ3n) is 8.95. The SMILES string of the molecule is CCC[CH2][Sn]([CH2]CCC)([CH2]CCC)/[C](=C\CC(O)COCc1ccccc1)CO[Si](C(C)C)(C(C)C)C(C)C. The van der Waals surface area contributed by atoms with E-state index in [1.165, 1.54) is 51.8 Å². The Bertz CT molecular complexity index is 734. The first-order valence-corrected chi connectivity index (χ1v) is 25.8. The van der Waals surface area contributed by atoms with E-state index in [9.17, 15) is 5.11 Å². The van der Waals surface area contributed by atoms with Gasteiger partial charge in [-0.05, 0) is 0 Å². The number of ether oxygens (including phenoxy) is 1. The van der Waals surface area contributed by atoms with Crippen molar-refractivity contribution < 1.29 is 14.3 Å². The van der Waals surface area contributed by atoms with Gasteiger partial charge in [0.05, 0.1) is 0 Å². The van der Waals surface area contributed by atoms with E-state index in [-0.39, 0.29) is 0 Å². The topological polar surface area (TPSA) is 38.7 Å². The molecule has 0 aliphatic rings. The maximum atomic E-state index is 11.0. The van der Waals surface area contributed by atoms with E-state index in [4.69, 9.17) is 9.16 Å². The number of hydrogen-bond donors (Lipinski definition) is 1. The van der Waals surface area contributed by atoms with Crippen LogP contribution < -0.4 is 0 Å².